The SMILES string of the molecule is CCO[C@H]1Oc2c(C)cc3ccccc3c2C[C@@H]1C. The van der Waals surface area contributed by atoms with Crippen LogP contribution >= 0.6 is 0 Å². The standard InChI is InChI=1S/C17H20O2/c1-4-18-17-12(3)10-15-14-8-6-5-7-13(14)9-11(2)16(15)19-17/h5-9,12,17H,4,10H2,1-3H3/t12-,17-/m0/s1. The Morgan fingerprint density at radius 1 is 1.32 bits per heavy atom. The summed E-state index contributed by atoms with van der Waals surface area (Å²) in [7, 11) is 0. The first-order valence-corrected chi connectivity index (χ1v) is 7.00. The molecule has 0 N–H and O–H groups in total. The molecule has 0 aromatic heterocycles. The maximum atomic E-state index is 6.10. The van der Waals surface area contributed by atoms with Crippen molar-refractivity contribution in [1.29, 1.82) is 0 Å². The molecule has 2 aromatic carbocycles. The van der Waals surface area contributed by atoms with Crippen LogP contribution in [0.2, 0.25) is 0 Å². The third kappa shape index (κ3) is 2.10. The van der Waals surface area contributed by atoms with Crippen LogP contribution in [0.25, 0.3) is 10.8 Å². The second-order valence-electron chi connectivity index (χ2n) is 5.35. The lowest BCUT2D eigenvalue weighted by molar-refractivity contribution is -0.115. The van der Waals surface area contributed by atoms with Gasteiger partial charge in [0.15, 0.2) is 0 Å². The van der Waals surface area contributed by atoms with Crippen molar-refractivity contribution in [2.75, 3.05) is 6.61 Å². The minimum atomic E-state index is -0.114. The van der Waals surface area contributed by atoms with Crippen LogP contribution in [0.15, 0.2) is 30.3 Å². The number of aryl methyl sites for hydroxylation is 1. The second-order valence-corrected chi connectivity index (χ2v) is 5.35. The van der Waals surface area contributed by atoms with E-state index in [-0.39, 0.29) is 6.29 Å². The van der Waals surface area contributed by atoms with E-state index >= 15 is 0 Å². The first-order valence-electron chi connectivity index (χ1n) is 7.00. The van der Waals surface area contributed by atoms with Gasteiger partial charge in [0.25, 0.3) is 0 Å². The van der Waals surface area contributed by atoms with Crippen LogP contribution in [0.1, 0.15) is 25.0 Å². The summed E-state index contributed by atoms with van der Waals surface area (Å²) in [5.41, 5.74) is 2.53. The summed E-state index contributed by atoms with van der Waals surface area (Å²) in [6.07, 6.45) is 0.903. The van der Waals surface area contributed by atoms with Gasteiger partial charge in [0.05, 0.1) is 0 Å². The van der Waals surface area contributed by atoms with Crippen LogP contribution in [0.3, 0.4) is 0 Å². The number of fused-ring (bicyclic) bond motifs is 3. The number of hydrogen-bond donors (Lipinski definition) is 0. The monoisotopic (exact) mass is 256 g/mol. The van der Waals surface area contributed by atoms with Crippen molar-refractivity contribution in [1.82, 2.24) is 0 Å². The van der Waals surface area contributed by atoms with Gasteiger partial charge in [0.2, 0.25) is 6.29 Å². The fourth-order valence-electron chi connectivity index (χ4n) is 2.94. The highest BCUT2D eigenvalue weighted by molar-refractivity contribution is 5.89. The van der Waals surface area contributed by atoms with Gasteiger partial charge in [-0.15, -0.1) is 0 Å². The summed E-state index contributed by atoms with van der Waals surface area (Å²) < 4.78 is 11.8. The summed E-state index contributed by atoms with van der Waals surface area (Å²) in [5.74, 6) is 1.41. The van der Waals surface area contributed by atoms with Crippen molar-refractivity contribution in [3.63, 3.8) is 0 Å². The molecule has 3 rings (SSSR count). The topological polar surface area (TPSA) is 18.5 Å². The Bertz CT molecular complexity index is 603. The maximum Gasteiger partial charge on any atom is 0.202 e. The predicted molar refractivity (Wildman–Crippen MR) is 77.6 cm³/mol. The first-order chi connectivity index (χ1) is 9.20. The van der Waals surface area contributed by atoms with Crippen molar-refractivity contribution in [3.8, 4) is 5.75 Å². The molecule has 0 amide bonds. The van der Waals surface area contributed by atoms with Gasteiger partial charge < -0.3 is 9.47 Å². The van der Waals surface area contributed by atoms with Crippen molar-refractivity contribution >= 4 is 10.8 Å². The van der Waals surface area contributed by atoms with Crippen molar-refractivity contribution in [3.05, 3.63) is 41.5 Å². The largest absolute Gasteiger partial charge is 0.464 e. The summed E-state index contributed by atoms with van der Waals surface area (Å²) in [6, 6.07) is 10.7. The molecule has 2 atom stereocenters. The Morgan fingerprint density at radius 2 is 2.11 bits per heavy atom. The van der Waals surface area contributed by atoms with Crippen LogP contribution < -0.4 is 4.74 Å². The van der Waals surface area contributed by atoms with Crippen molar-refractivity contribution in [2.45, 2.75) is 33.5 Å². The Balaban J connectivity index is 2.13. The number of benzene rings is 2. The molecule has 19 heavy (non-hydrogen) atoms. The molecule has 0 saturated heterocycles. The van der Waals surface area contributed by atoms with Crippen molar-refractivity contribution < 1.29 is 9.47 Å². The molecule has 0 bridgehead atoms. The lowest BCUT2D eigenvalue weighted by Gasteiger charge is -2.32. The Kier molecular flexibility index (Phi) is 3.19. The van der Waals surface area contributed by atoms with Gasteiger partial charge in [-0.1, -0.05) is 31.2 Å². The fourth-order valence-corrected chi connectivity index (χ4v) is 2.94. The van der Waals surface area contributed by atoms with E-state index in [2.05, 4.69) is 44.2 Å². The normalized spacial score (nSPS) is 22.1. The lowest BCUT2D eigenvalue weighted by Crippen LogP contribution is -2.34. The molecule has 2 heteroatoms. The molecule has 0 unspecified atom stereocenters. The highest BCUT2D eigenvalue weighted by Crippen LogP contribution is 2.39. The quantitative estimate of drug-likeness (QED) is 0.806. The highest BCUT2D eigenvalue weighted by atomic mass is 16.7. The average Bonchev–Trinajstić information content (AvgIpc) is 2.41. The Labute approximate surface area is 114 Å². The van der Waals surface area contributed by atoms with Crippen LogP contribution in [0, 0.1) is 12.8 Å². The molecule has 0 fully saturated rings. The molecule has 0 aliphatic carbocycles. The molecule has 2 aromatic rings. The highest BCUT2D eigenvalue weighted by Gasteiger charge is 2.29. The molecule has 2 nitrogen and oxygen atoms in total. The van der Waals surface area contributed by atoms with Gasteiger partial charge >= 0.3 is 0 Å². The summed E-state index contributed by atoms with van der Waals surface area (Å²) >= 11 is 0. The second kappa shape index (κ2) is 4.86. The molecule has 0 spiro atoms. The minimum Gasteiger partial charge on any atom is -0.464 e. The van der Waals surface area contributed by atoms with Gasteiger partial charge in [0, 0.05) is 18.1 Å². The third-order valence-corrected chi connectivity index (χ3v) is 3.85. The van der Waals surface area contributed by atoms with E-state index in [4.69, 9.17) is 9.47 Å². The van der Waals surface area contributed by atoms with Gasteiger partial charge in [-0.05, 0) is 42.7 Å². The van der Waals surface area contributed by atoms with Gasteiger partial charge in [-0.25, -0.2) is 0 Å². The predicted octanol–water partition coefficient (Wildman–Crippen LogP) is 4.08. The van der Waals surface area contributed by atoms with E-state index in [1.165, 1.54) is 21.9 Å². The molecular formula is C17H20O2. The molecule has 1 heterocycles. The fraction of sp³-hybridized carbons (Fsp3) is 0.412. The smallest absolute Gasteiger partial charge is 0.202 e. The van der Waals surface area contributed by atoms with Crippen LogP contribution in [-0.2, 0) is 11.2 Å². The summed E-state index contributed by atoms with van der Waals surface area (Å²) in [6.45, 7) is 7.01. The van der Waals surface area contributed by atoms with Crippen molar-refractivity contribution in [2.24, 2.45) is 5.92 Å². The maximum absolute atomic E-state index is 6.10. The molecule has 100 valence electrons. The number of ether oxygens (including phenoxy) is 2. The zero-order valence-electron chi connectivity index (χ0n) is 11.8. The third-order valence-electron chi connectivity index (χ3n) is 3.85. The summed E-state index contributed by atoms with van der Waals surface area (Å²) in [5, 5.41) is 2.61. The van der Waals surface area contributed by atoms with E-state index in [9.17, 15) is 0 Å². The molecule has 1 aliphatic heterocycles. The minimum absolute atomic E-state index is 0.114. The molecule has 0 radical (unpaired) electrons. The van der Waals surface area contributed by atoms with Crippen LogP contribution in [0.4, 0.5) is 0 Å². The zero-order chi connectivity index (χ0) is 13.4. The van der Waals surface area contributed by atoms with E-state index in [0.29, 0.717) is 12.5 Å². The van der Waals surface area contributed by atoms with Gasteiger partial charge in [-0.3, -0.25) is 0 Å². The summed E-state index contributed by atoms with van der Waals surface area (Å²) in [4.78, 5) is 0. The van der Waals surface area contributed by atoms with Gasteiger partial charge in [-0.2, -0.15) is 0 Å². The average molecular weight is 256 g/mol. The number of hydrogen-bond acceptors (Lipinski definition) is 2. The molecular weight excluding hydrogens is 236 g/mol. The molecule has 1 aliphatic rings. The Morgan fingerprint density at radius 3 is 2.89 bits per heavy atom. The Hall–Kier alpha value is -1.54. The molecule has 0 saturated carbocycles. The lowest BCUT2D eigenvalue weighted by atomic mass is 9.90. The van der Waals surface area contributed by atoms with E-state index in [1.807, 2.05) is 6.92 Å². The van der Waals surface area contributed by atoms with Gasteiger partial charge in [0.1, 0.15) is 5.75 Å². The number of rotatable bonds is 2. The van der Waals surface area contributed by atoms with Crippen LogP contribution in [-0.4, -0.2) is 12.9 Å². The van der Waals surface area contributed by atoms with Crippen LogP contribution in [0.5, 0.6) is 5.75 Å². The zero-order valence-corrected chi connectivity index (χ0v) is 11.8. The van der Waals surface area contributed by atoms with E-state index < -0.39 is 0 Å². The first kappa shape index (κ1) is 12.5. The van der Waals surface area contributed by atoms with E-state index in [0.717, 1.165) is 12.2 Å². The van der Waals surface area contributed by atoms with E-state index in [1.54, 1.807) is 0 Å².